The lowest BCUT2D eigenvalue weighted by atomic mass is 10.2. The van der Waals surface area contributed by atoms with Crippen molar-refractivity contribution in [1.82, 2.24) is 14.9 Å². The highest BCUT2D eigenvalue weighted by Crippen LogP contribution is 2.25. The van der Waals surface area contributed by atoms with Crippen molar-refractivity contribution in [2.24, 2.45) is 0 Å². The Morgan fingerprint density at radius 3 is 2.80 bits per heavy atom. The van der Waals surface area contributed by atoms with Crippen molar-refractivity contribution in [2.45, 2.75) is 32.5 Å². The second-order valence-corrected chi connectivity index (χ2v) is 5.88. The average molecular weight is 300 g/mol. The van der Waals surface area contributed by atoms with Gasteiger partial charge in [-0.15, -0.1) is 0 Å². The molecule has 1 unspecified atom stereocenters. The first kappa shape index (κ1) is 15.0. The van der Waals surface area contributed by atoms with Crippen LogP contribution in [0.25, 0.3) is 0 Å². The SMILES string of the molecule is CC(C)(C)OC(=O)N1CCOC(c2nccnc2Cl)C1. The molecule has 0 N–H and O–H groups in total. The number of morpholine rings is 1. The van der Waals surface area contributed by atoms with Gasteiger partial charge in [-0.2, -0.15) is 0 Å². The largest absolute Gasteiger partial charge is 0.444 e. The maximum absolute atomic E-state index is 12.1. The summed E-state index contributed by atoms with van der Waals surface area (Å²) in [4.78, 5) is 21.8. The standard InChI is InChI=1S/C13H18ClN3O3/c1-13(2,3)20-12(18)17-6-7-19-9(8-17)10-11(14)16-5-4-15-10/h4-5,9H,6-8H2,1-3H3. The smallest absolute Gasteiger partial charge is 0.410 e. The zero-order chi connectivity index (χ0) is 14.8. The highest BCUT2D eigenvalue weighted by atomic mass is 35.5. The molecule has 1 atom stereocenters. The third kappa shape index (κ3) is 3.80. The van der Waals surface area contributed by atoms with Gasteiger partial charge in [-0.25, -0.2) is 9.78 Å². The van der Waals surface area contributed by atoms with Gasteiger partial charge in [0.05, 0.1) is 13.2 Å². The number of carbonyl (C=O) groups is 1. The minimum Gasteiger partial charge on any atom is -0.444 e. The first-order valence-electron chi connectivity index (χ1n) is 6.43. The van der Waals surface area contributed by atoms with Crippen LogP contribution in [0.5, 0.6) is 0 Å². The fourth-order valence-corrected chi connectivity index (χ4v) is 2.08. The van der Waals surface area contributed by atoms with Gasteiger partial charge in [-0.05, 0) is 20.8 Å². The molecule has 7 heteroatoms. The highest BCUT2D eigenvalue weighted by Gasteiger charge is 2.30. The lowest BCUT2D eigenvalue weighted by Gasteiger charge is -2.34. The maximum atomic E-state index is 12.1. The number of nitrogens with zero attached hydrogens (tertiary/aromatic N) is 3. The molecule has 0 saturated carbocycles. The molecule has 0 bridgehead atoms. The summed E-state index contributed by atoms with van der Waals surface area (Å²) in [5, 5.41) is 0.295. The lowest BCUT2D eigenvalue weighted by Crippen LogP contribution is -2.44. The molecule has 1 aliphatic heterocycles. The molecular weight excluding hydrogens is 282 g/mol. The second-order valence-electron chi connectivity index (χ2n) is 5.52. The van der Waals surface area contributed by atoms with E-state index in [-0.39, 0.29) is 12.2 Å². The average Bonchev–Trinajstić information content (AvgIpc) is 2.37. The van der Waals surface area contributed by atoms with E-state index >= 15 is 0 Å². The molecule has 20 heavy (non-hydrogen) atoms. The minimum absolute atomic E-state index is 0.295. The van der Waals surface area contributed by atoms with E-state index in [4.69, 9.17) is 21.1 Å². The van der Waals surface area contributed by atoms with Gasteiger partial charge in [0.15, 0.2) is 5.15 Å². The molecule has 0 aliphatic carbocycles. The van der Waals surface area contributed by atoms with Crippen LogP contribution in [0, 0.1) is 0 Å². The summed E-state index contributed by atoms with van der Waals surface area (Å²) in [6.07, 6.45) is 2.33. The minimum atomic E-state index is -0.519. The van der Waals surface area contributed by atoms with Crippen LogP contribution in [0.2, 0.25) is 5.15 Å². The molecule has 1 aromatic heterocycles. The van der Waals surface area contributed by atoms with Gasteiger partial charge in [0.1, 0.15) is 17.4 Å². The van der Waals surface area contributed by atoms with Gasteiger partial charge < -0.3 is 14.4 Å². The molecule has 1 fully saturated rings. The van der Waals surface area contributed by atoms with E-state index in [0.29, 0.717) is 30.5 Å². The van der Waals surface area contributed by atoms with Gasteiger partial charge in [0.2, 0.25) is 0 Å². The Balaban J connectivity index is 2.06. The van der Waals surface area contributed by atoms with Gasteiger partial charge in [-0.3, -0.25) is 4.98 Å². The van der Waals surface area contributed by atoms with Crippen LogP contribution in [-0.4, -0.2) is 46.3 Å². The van der Waals surface area contributed by atoms with Crippen LogP contribution in [0.3, 0.4) is 0 Å². The fraction of sp³-hybridized carbons (Fsp3) is 0.615. The number of aromatic nitrogens is 2. The summed E-state index contributed by atoms with van der Waals surface area (Å²) in [6, 6.07) is 0. The number of hydrogen-bond acceptors (Lipinski definition) is 5. The van der Waals surface area contributed by atoms with Crippen molar-refractivity contribution in [3.05, 3.63) is 23.2 Å². The van der Waals surface area contributed by atoms with Crippen LogP contribution in [0.1, 0.15) is 32.6 Å². The van der Waals surface area contributed by atoms with Crippen LogP contribution < -0.4 is 0 Å². The van der Waals surface area contributed by atoms with Crippen molar-refractivity contribution in [3.63, 3.8) is 0 Å². The summed E-state index contributed by atoms with van der Waals surface area (Å²) in [7, 11) is 0. The molecule has 0 spiro atoms. The number of ether oxygens (including phenoxy) is 2. The normalized spacial score (nSPS) is 19.8. The van der Waals surface area contributed by atoms with Crippen LogP contribution in [0.15, 0.2) is 12.4 Å². The molecular formula is C13H18ClN3O3. The number of hydrogen-bond donors (Lipinski definition) is 0. The third-order valence-electron chi connectivity index (χ3n) is 2.70. The van der Waals surface area contributed by atoms with E-state index in [1.165, 1.54) is 6.20 Å². The van der Waals surface area contributed by atoms with Gasteiger partial charge in [0.25, 0.3) is 0 Å². The van der Waals surface area contributed by atoms with Crippen LogP contribution in [0.4, 0.5) is 4.79 Å². The number of rotatable bonds is 1. The first-order chi connectivity index (χ1) is 9.37. The fourth-order valence-electron chi connectivity index (χ4n) is 1.85. The molecule has 1 aromatic rings. The Morgan fingerprint density at radius 1 is 1.45 bits per heavy atom. The lowest BCUT2D eigenvalue weighted by molar-refractivity contribution is -0.0447. The zero-order valence-corrected chi connectivity index (χ0v) is 12.6. The van der Waals surface area contributed by atoms with Crippen molar-refractivity contribution in [1.29, 1.82) is 0 Å². The Morgan fingerprint density at radius 2 is 2.15 bits per heavy atom. The maximum Gasteiger partial charge on any atom is 0.410 e. The number of halogens is 1. The zero-order valence-electron chi connectivity index (χ0n) is 11.8. The number of carbonyl (C=O) groups excluding carboxylic acids is 1. The van der Waals surface area contributed by atoms with Gasteiger partial charge in [-0.1, -0.05) is 11.6 Å². The predicted octanol–water partition coefficient (Wildman–Crippen LogP) is 2.44. The van der Waals surface area contributed by atoms with E-state index in [2.05, 4.69) is 9.97 Å². The summed E-state index contributed by atoms with van der Waals surface area (Å²) in [5.41, 5.74) is 0.0251. The molecule has 6 nitrogen and oxygen atoms in total. The predicted molar refractivity (Wildman–Crippen MR) is 73.5 cm³/mol. The summed E-state index contributed by atoms with van der Waals surface area (Å²) in [6.45, 7) is 6.76. The van der Waals surface area contributed by atoms with Crippen molar-refractivity contribution >= 4 is 17.7 Å². The molecule has 2 heterocycles. The van der Waals surface area contributed by atoms with Crippen molar-refractivity contribution < 1.29 is 14.3 Å². The van der Waals surface area contributed by atoms with E-state index in [1.807, 2.05) is 20.8 Å². The number of amides is 1. The molecule has 2 rings (SSSR count). The molecule has 0 aromatic carbocycles. The van der Waals surface area contributed by atoms with Gasteiger partial charge >= 0.3 is 6.09 Å². The molecule has 1 aliphatic rings. The van der Waals surface area contributed by atoms with E-state index < -0.39 is 5.60 Å². The summed E-state index contributed by atoms with van der Waals surface area (Å²) in [5.74, 6) is 0. The Kier molecular flexibility index (Phi) is 4.45. The Bertz CT molecular complexity index is 490. The summed E-state index contributed by atoms with van der Waals surface area (Å²) < 4.78 is 11.0. The Labute approximate surface area is 123 Å². The van der Waals surface area contributed by atoms with Gasteiger partial charge in [0, 0.05) is 18.9 Å². The second kappa shape index (κ2) is 5.93. The highest BCUT2D eigenvalue weighted by molar-refractivity contribution is 6.30. The van der Waals surface area contributed by atoms with E-state index in [0.717, 1.165) is 0 Å². The first-order valence-corrected chi connectivity index (χ1v) is 6.80. The van der Waals surface area contributed by atoms with Crippen molar-refractivity contribution in [2.75, 3.05) is 19.7 Å². The van der Waals surface area contributed by atoms with Crippen molar-refractivity contribution in [3.8, 4) is 0 Å². The quantitative estimate of drug-likeness (QED) is 0.797. The molecule has 1 amide bonds. The topological polar surface area (TPSA) is 64.5 Å². The molecule has 110 valence electrons. The molecule has 0 radical (unpaired) electrons. The van der Waals surface area contributed by atoms with E-state index in [1.54, 1.807) is 11.1 Å². The monoisotopic (exact) mass is 299 g/mol. The third-order valence-corrected chi connectivity index (χ3v) is 2.99. The van der Waals surface area contributed by atoms with Crippen LogP contribution in [-0.2, 0) is 9.47 Å². The van der Waals surface area contributed by atoms with Crippen LogP contribution >= 0.6 is 11.6 Å². The van der Waals surface area contributed by atoms with E-state index in [9.17, 15) is 4.79 Å². The Hall–Kier alpha value is -1.40. The molecule has 1 saturated heterocycles. The summed E-state index contributed by atoms with van der Waals surface area (Å²) >= 11 is 6.00.